The van der Waals surface area contributed by atoms with Crippen LogP contribution in [0.15, 0.2) is 48.9 Å². The lowest BCUT2D eigenvalue weighted by atomic mass is 10.0. The molecular weight excluding hydrogens is 319 g/mol. The van der Waals surface area contributed by atoms with Crippen molar-refractivity contribution in [3.8, 4) is 11.3 Å². The summed E-state index contributed by atoms with van der Waals surface area (Å²) < 4.78 is 13.2. The van der Waals surface area contributed by atoms with Crippen molar-refractivity contribution in [2.45, 2.75) is 12.8 Å². The Morgan fingerprint density at radius 3 is 2.64 bits per heavy atom. The molecule has 3 aromatic rings. The Morgan fingerprint density at radius 2 is 1.88 bits per heavy atom. The highest BCUT2D eigenvalue weighted by Crippen LogP contribution is 2.26. The molecule has 0 atom stereocenters. The molecule has 0 saturated heterocycles. The standard InChI is InChI=1S/C19H17FN4O/c20-14-5-3-13(4-6-14)18-15-7-10-24(11-8-16(15)22-12-23-18)19(25)17-2-1-9-21-17/h1-6,9,12,21H,7-8,10-11H2. The largest absolute Gasteiger partial charge is 0.357 e. The summed E-state index contributed by atoms with van der Waals surface area (Å²) in [7, 11) is 0. The second kappa shape index (κ2) is 6.47. The van der Waals surface area contributed by atoms with Crippen LogP contribution in [0.3, 0.4) is 0 Å². The van der Waals surface area contributed by atoms with E-state index in [4.69, 9.17) is 0 Å². The van der Waals surface area contributed by atoms with Gasteiger partial charge in [0.2, 0.25) is 0 Å². The number of nitrogens with one attached hydrogen (secondary N) is 1. The number of carbonyl (C=O) groups excluding carboxylic acids is 1. The van der Waals surface area contributed by atoms with Crippen molar-refractivity contribution < 1.29 is 9.18 Å². The summed E-state index contributed by atoms with van der Waals surface area (Å²) in [6, 6.07) is 9.92. The van der Waals surface area contributed by atoms with Gasteiger partial charge in [-0.2, -0.15) is 0 Å². The number of carbonyl (C=O) groups is 1. The minimum Gasteiger partial charge on any atom is -0.357 e. The zero-order chi connectivity index (χ0) is 17.2. The molecule has 0 aliphatic carbocycles. The summed E-state index contributed by atoms with van der Waals surface area (Å²) in [4.78, 5) is 26.2. The maximum Gasteiger partial charge on any atom is 0.270 e. The number of fused-ring (bicyclic) bond motifs is 1. The summed E-state index contributed by atoms with van der Waals surface area (Å²) in [5.41, 5.74) is 4.27. The zero-order valence-corrected chi connectivity index (χ0v) is 13.6. The summed E-state index contributed by atoms with van der Waals surface area (Å²) in [5, 5.41) is 0. The van der Waals surface area contributed by atoms with E-state index in [1.807, 2.05) is 11.0 Å². The van der Waals surface area contributed by atoms with Crippen molar-refractivity contribution in [2.75, 3.05) is 13.1 Å². The summed E-state index contributed by atoms with van der Waals surface area (Å²) in [6.07, 6.45) is 4.64. The number of benzene rings is 1. The number of halogens is 1. The van der Waals surface area contributed by atoms with Crippen LogP contribution in [0.5, 0.6) is 0 Å². The number of aromatic nitrogens is 3. The van der Waals surface area contributed by atoms with E-state index in [-0.39, 0.29) is 11.7 Å². The predicted molar refractivity (Wildman–Crippen MR) is 91.5 cm³/mol. The molecule has 1 N–H and O–H groups in total. The van der Waals surface area contributed by atoms with Gasteiger partial charge >= 0.3 is 0 Å². The number of hydrogen-bond acceptors (Lipinski definition) is 3. The van der Waals surface area contributed by atoms with Crippen molar-refractivity contribution in [3.05, 3.63) is 71.7 Å². The highest BCUT2D eigenvalue weighted by Gasteiger charge is 2.23. The second-order valence-electron chi connectivity index (χ2n) is 6.03. The quantitative estimate of drug-likeness (QED) is 0.783. The number of nitrogens with zero attached hydrogens (tertiary/aromatic N) is 3. The Hall–Kier alpha value is -3.02. The van der Waals surface area contributed by atoms with Gasteiger partial charge in [0.05, 0.1) is 5.69 Å². The first-order valence-electron chi connectivity index (χ1n) is 8.24. The minimum atomic E-state index is -0.272. The second-order valence-corrected chi connectivity index (χ2v) is 6.03. The monoisotopic (exact) mass is 336 g/mol. The first-order valence-corrected chi connectivity index (χ1v) is 8.24. The van der Waals surface area contributed by atoms with Gasteiger partial charge < -0.3 is 9.88 Å². The number of aromatic amines is 1. The highest BCUT2D eigenvalue weighted by atomic mass is 19.1. The number of rotatable bonds is 2. The maximum absolute atomic E-state index is 13.2. The molecule has 1 aliphatic heterocycles. The third-order valence-electron chi connectivity index (χ3n) is 4.52. The van der Waals surface area contributed by atoms with Crippen LogP contribution in [0.2, 0.25) is 0 Å². The van der Waals surface area contributed by atoms with E-state index in [2.05, 4.69) is 15.0 Å². The van der Waals surface area contributed by atoms with Crippen LogP contribution in [-0.2, 0) is 12.8 Å². The smallest absolute Gasteiger partial charge is 0.270 e. The zero-order valence-electron chi connectivity index (χ0n) is 13.6. The third-order valence-corrected chi connectivity index (χ3v) is 4.52. The lowest BCUT2D eigenvalue weighted by molar-refractivity contribution is 0.0758. The van der Waals surface area contributed by atoms with Crippen LogP contribution in [0.4, 0.5) is 4.39 Å². The Balaban J connectivity index is 1.62. The van der Waals surface area contributed by atoms with E-state index >= 15 is 0 Å². The van der Waals surface area contributed by atoms with E-state index in [0.717, 1.165) is 22.5 Å². The van der Waals surface area contributed by atoms with Crippen molar-refractivity contribution >= 4 is 5.91 Å². The van der Waals surface area contributed by atoms with Crippen molar-refractivity contribution in [1.82, 2.24) is 19.9 Å². The van der Waals surface area contributed by atoms with Gasteiger partial charge in [-0.25, -0.2) is 14.4 Å². The van der Waals surface area contributed by atoms with Gasteiger partial charge in [-0.1, -0.05) is 0 Å². The molecule has 0 radical (unpaired) electrons. The van der Waals surface area contributed by atoms with Gasteiger partial charge in [0.25, 0.3) is 5.91 Å². The molecule has 0 saturated carbocycles. The van der Waals surface area contributed by atoms with Crippen molar-refractivity contribution in [3.63, 3.8) is 0 Å². The van der Waals surface area contributed by atoms with Crippen LogP contribution in [0.1, 0.15) is 21.7 Å². The molecule has 0 unspecified atom stereocenters. The third kappa shape index (κ3) is 3.03. The molecule has 1 aromatic carbocycles. The van der Waals surface area contributed by atoms with Crippen molar-refractivity contribution in [1.29, 1.82) is 0 Å². The summed E-state index contributed by atoms with van der Waals surface area (Å²) in [6.45, 7) is 1.22. The fraction of sp³-hybridized carbons (Fsp3) is 0.211. The van der Waals surface area contributed by atoms with E-state index in [1.54, 1.807) is 30.7 Å². The predicted octanol–water partition coefficient (Wildman–Crippen LogP) is 2.85. The molecule has 4 rings (SSSR count). The molecule has 3 heterocycles. The molecular formula is C19H17FN4O. The highest BCUT2D eigenvalue weighted by molar-refractivity contribution is 5.92. The minimum absolute atomic E-state index is 0.00547. The average Bonchev–Trinajstić information content (AvgIpc) is 3.08. The Labute approximate surface area is 144 Å². The number of H-pyrrole nitrogens is 1. The Bertz CT molecular complexity index is 890. The molecule has 0 fully saturated rings. The summed E-state index contributed by atoms with van der Waals surface area (Å²) in [5.74, 6) is -0.277. The molecule has 6 heteroatoms. The normalized spacial score (nSPS) is 14.0. The lowest BCUT2D eigenvalue weighted by Gasteiger charge is -2.19. The van der Waals surface area contributed by atoms with Crippen LogP contribution in [0, 0.1) is 5.82 Å². The van der Waals surface area contributed by atoms with Gasteiger partial charge in [-0.15, -0.1) is 0 Å². The molecule has 25 heavy (non-hydrogen) atoms. The van der Waals surface area contributed by atoms with Gasteiger partial charge in [0.15, 0.2) is 0 Å². The lowest BCUT2D eigenvalue weighted by Crippen LogP contribution is -2.33. The van der Waals surface area contributed by atoms with Crippen molar-refractivity contribution in [2.24, 2.45) is 0 Å². The van der Waals surface area contributed by atoms with Gasteiger partial charge in [0, 0.05) is 42.5 Å². The van der Waals surface area contributed by atoms with Gasteiger partial charge in [0.1, 0.15) is 17.8 Å². The van der Waals surface area contributed by atoms with Crippen LogP contribution in [0.25, 0.3) is 11.3 Å². The Morgan fingerprint density at radius 1 is 1.08 bits per heavy atom. The van der Waals surface area contributed by atoms with Gasteiger partial charge in [-0.3, -0.25) is 4.79 Å². The first kappa shape index (κ1) is 15.5. The van der Waals surface area contributed by atoms with E-state index < -0.39 is 0 Å². The van der Waals surface area contributed by atoms with E-state index in [9.17, 15) is 9.18 Å². The average molecular weight is 336 g/mol. The van der Waals surface area contributed by atoms with Gasteiger partial charge in [-0.05, 0) is 42.8 Å². The fourth-order valence-electron chi connectivity index (χ4n) is 3.22. The molecule has 5 nitrogen and oxygen atoms in total. The maximum atomic E-state index is 13.2. The molecule has 1 aliphatic rings. The Kier molecular flexibility index (Phi) is 4.01. The number of hydrogen-bond donors (Lipinski definition) is 1. The van der Waals surface area contributed by atoms with Crippen LogP contribution in [-0.4, -0.2) is 38.8 Å². The van der Waals surface area contributed by atoms with E-state index in [1.165, 1.54) is 12.1 Å². The van der Waals surface area contributed by atoms with Crippen LogP contribution < -0.4 is 0 Å². The molecule has 2 aromatic heterocycles. The fourth-order valence-corrected chi connectivity index (χ4v) is 3.22. The molecule has 0 bridgehead atoms. The topological polar surface area (TPSA) is 61.9 Å². The summed E-state index contributed by atoms with van der Waals surface area (Å²) >= 11 is 0. The number of amides is 1. The SMILES string of the molecule is O=C(c1ccc[nH]1)N1CCc2ncnc(-c3ccc(F)cc3)c2CC1. The molecule has 126 valence electrons. The molecule has 1 amide bonds. The first-order chi connectivity index (χ1) is 12.2. The molecule has 0 spiro atoms. The van der Waals surface area contributed by atoms with E-state index in [0.29, 0.717) is 31.6 Å². The van der Waals surface area contributed by atoms with Crippen LogP contribution >= 0.6 is 0 Å².